The fraction of sp³-hybridized carbons (Fsp3) is 0.600. The average molecular weight is 83.1 g/mol. The summed E-state index contributed by atoms with van der Waals surface area (Å²) in [5, 5.41) is 6.43. The monoisotopic (exact) mass is 83.1 g/mol. The predicted molar refractivity (Wildman–Crippen MR) is 26.9 cm³/mol. The Morgan fingerprint density at radius 3 is 2.50 bits per heavy atom. The molecule has 0 spiro atoms. The quantitative estimate of drug-likeness (QED) is 0.395. The topological polar surface area (TPSA) is 23.9 Å². The Morgan fingerprint density at radius 2 is 2.33 bits per heavy atom. The smallest absolute Gasteiger partial charge is 0.0521 e. The Balaban J connectivity index is 2.49. The standard InChI is InChI=1S/C5H9N/c1-2-3-4-5-6/h6H,1-4H2. The average Bonchev–Trinajstić information content (AvgIpc) is 1.61. The second kappa shape index (κ2) is 4.67. The number of hydrogen-bond donors (Lipinski definition) is 1. The molecule has 0 aromatic carbocycles. The van der Waals surface area contributed by atoms with Crippen molar-refractivity contribution in [3.63, 3.8) is 0 Å². The van der Waals surface area contributed by atoms with Crippen LogP contribution in [0.2, 0.25) is 0 Å². The van der Waals surface area contributed by atoms with Crippen LogP contribution in [0, 0.1) is 12.3 Å². The molecule has 0 fully saturated rings. The third-order valence-corrected chi connectivity index (χ3v) is 0.552. The summed E-state index contributed by atoms with van der Waals surface area (Å²) in [6, 6.07) is 0. The van der Waals surface area contributed by atoms with E-state index in [9.17, 15) is 0 Å². The van der Waals surface area contributed by atoms with Gasteiger partial charge in [-0.05, 0) is 12.8 Å². The van der Waals surface area contributed by atoms with E-state index in [1.165, 1.54) is 0 Å². The first-order chi connectivity index (χ1) is 2.91. The van der Waals surface area contributed by atoms with Gasteiger partial charge in [0.25, 0.3) is 0 Å². The van der Waals surface area contributed by atoms with Gasteiger partial charge in [0, 0.05) is 0 Å². The fourth-order valence-corrected chi connectivity index (χ4v) is 0.213. The number of rotatable bonds is 3. The molecule has 0 bridgehead atoms. The van der Waals surface area contributed by atoms with Gasteiger partial charge in [-0.25, -0.2) is 0 Å². The van der Waals surface area contributed by atoms with Crippen LogP contribution in [0.3, 0.4) is 0 Å². The van der Waals surface area contributed by atoms with Crippen LogP contribution in [-0.2, 0) is 0 Å². The second-order valence-corrected chi connectivity index (χ2v) is 1.13. The van der Waals surface area contributed by atoms with E-state index in [4.69, 9.17) is 5.41 Å². The molecule has 0 aromatic heterocycles. The lowest BCUT2D eigenvalue weighted by molar-refractivity contribution is 0.899. The minimum absolute atomic E-state index is 0.767. The Labute approximate surface area is 38.9 Å². The van der Waals surface area contributed by atoms with E-state index in [0.717, 1.165) is 19.3 Å². The van der Waals surface area contributed by atoms with Crippen LogP contribution in [0.4, 0.5) is 0 Å². The van der Waals surface area contributed by atoms with Crippen LogP contribution in [0.5, 0.6) is 0 Å². The molecule has 0 aromatic rings. The Morgan fingerprint density at radius 1 is 1.67 bits per heavy atom. The second-order valence-electron chi connectivity index (χ2n) is 1.13. The first-order valence-corrected chi connectivity index (χ1v) is 2.10. The normalized spacial score (nSPS) is 8.17. The van der Waals surface area contributed by atoms with E-state index in [0.29, 0.717) is 0 Å². The number of nitrogens with one attached hydrogen (secondary N) is 1. The van der Waals surface area contributed by atoms with Crippen molar-refractivity contribution < 1.29 is 0 Å². The Bertz CT molecular complexity index is 32.9. The first kappa shape index (κ1) is 5.67. The summed E-state index contributed by atoms with van der Waals surface area (Å²) in [4.78, 5) is 0. The van der Waals surface area contributed by atoms with Crippen LogP contribution in [-0.4, -0.2) is 6.21 Å². The molecule has 34 valence electrons. The highest BCUT2D eigenvalue weighted by molar-refractivity contribution is 5.52. The van der Waals surface area contributed by atoms with Gasteiger partial charge in [0.1, 0.15) is 0 Å². The van der Waals surface area contributed by atoms with Crippen molar-refractivity contribution >= 4 is 6.21 Å². The highest BCUT2D eigenvalue weighted by Crippen LogP contribution is 1.86. The SMILES string of the molecule is [CH2]CCC[C]=N. The van der Waals surface area contributed by atoms with Crippen LogP contribution >= 0.6 is 0 Å². The summed E-state index contributed by atoms with van der Waals surface area (Å²) in [5.74, 6) is 0. The molecule has 2 radical (unpaired) electrons. The molecular weight excluding hydrogens is 74.1 g/mol. The molecule has 0 unspecified atom stereocenters. The van der Waals surface area contributed by atoms with Crippen molar-refractivity contribution in [2.24, 2.45) is 0 Å². The minimum Gasteiger partial charge on any atom is -0.303 e. The van der Waals surface area contributed by atoms with Crippen LogP contribution in [0.1, 0.15) is 19.3 Å². The van der Waals surface area contributed by atoms with E-state index in [2.05, 4.69) is 13.1 Å². The zero-order chi connectivity index (χ0) is 4.83. The van der Waals surface area contributed by atoms with Crippen LogP contribution in [0.15, 0.2) is 0 Å². The van der Waals surface area contributed by atoms with Gasteiger partial charge in [-0.2, -0.15) is 0 Å². The maximum absolute atomic E-state index is 6.43. The molecular formula is C5H9N. The van der Waals surface area contributed by atoms with Crippen molar-refractivity contribution in [1.29, 1.82) is 5.41 Å². The maximum atomic E-state index is 6.43. The lowest BCUT2D eigenvalue weighted by atomic mass is 10.3. The van der Waals surface area contributed by atoms with E-state index in [1.807, 2.05) is 0 Å². The summed E-state index contributed by atoms with van der Waals surface area (Å²) >= 11 is 0. The van der Waals surface area contributed by atoms with Crippen molar-refractivity contribution in [2.75, 3.05) is 0 Å². The van der Waals surface area contributed by atoms with Gasteiger partial charge in [-0.1, -0.05) is 13.3 Å². The van der Waals surface area contributed by atoms with Gasteiger partial charge in [-0.15, -0.1) is 0 Å². The summed E-state index contributed by atoms with van der Waals surface area (Å²) in [6.45, 7) is 3.60. The van der Waals surface area contributed by atoms with Crippen LogP contribution in [0.25, 0.3) is 0 Å². The molecule has 0 aliphatic rings. The van der Waals surface area contributed by atoms with E-state index < -0.39 is 0 Å². The summed E-state index contributed by atoms with van der Waals surface area (Å²) < 4.78 is 0. The molecule has 0 heterocycles. The molecule has 0 atom stereocenters. The molecule has 0 aliphatic heterocycles. The van der Waals surface area contributed by atoms with Gasteiger partial charge in [0.15, 0.2) is 0 Å². The molecule has 6 heavy (non-hydrogen) atoms. The summed E-state index contributed by atoms with van der Waals surface area (Å²) in [7, 11) is 0. The predicted octanol–water partition coefficient (Wildman–Crippen LogP) is 1.52. The third-order valence-electron chi connectivity index (χ3n) is 0.552. The Hall–Kier alpha value is -0.330. The Kier molecular flexibility index (Phi) is 4.41. The van der Waals surface area contributed by atoms with E-state index >= 15 is 0 Å². The molecule has 0 saturated heterocycles. The lowest BCUT2D eigenvalue weighted by Crippen LogP contribution is -1.69. The summed E-state index contributed by atoms with van der Waals surface area (Å²) in [5.41, 5.74) is 0. The van der Waals surface area contributed by atoms with Crippen molar-refractivity contribution in [2.45, 2.75) is 19.3 Å². The zero-order valence-electron chi connectivity index (χ0n) is 3.83. The molecule has 0 aliphatic carbocycles. The van der Waals surface area contributed by atoms with E-state index in [-0.39, 0.29) is 0 Å². The molecule has 1 heteroatoms. The van der Waals surface area contributed by atoms with Gasteiger partial charge in [0.2, 0.25) is 0 Å². The highest BCUT2D eigenvalue weighted by atomic mass is 14.3. The van der Waals surface area contributed by atoms with Gasteiger partial charge in [-0.3, -0.25) is 0 Å². The van der Waals surface area contributed by atoms with Crippen LogP contribution < -0.4 is 0 Å². The van der Waals surface area contributed by atoms with Gasteiger partial charge < -0.3 is 5.41 Å². The third kappa shape index (κ3) is 3.67. The van der Waals surface area contributed by atoms with Crippen molar-refractivity contribution in [3.8, 4) is 0 Å². The number of hydrogen-bond acceptors (Lipinski definition) is 1. The highest BCUT2D eigenvalue weighted by Gasteiger charge is 1.73. The lowest BCUT2D eigenvalue weighted by Gasteiger charge is -1.79. The molecule has 1 nitrogen and oxygen atoms in total. The van der Waals surface area contributed by atoms with Crippen molar-refractivity contribution in [3.05, 3.63) is 6.92 Å². The number of unbranched alkanes of at least 4 members (excludes halogenated alkanes) is 2. The minimum atomic E-state index is 0.767. The fourth-order valence-electron chi connectivity index (χ4n) is 0.213. The largest absolute Gasteiger partial charge is 0.303 e. The maximum Gasteiger partial charge on any atom is 0.0521 e. The van der Waals surface area contributed by atoms with Gasteiger partial charge in [0.05, 0.1) is 6.21 Å². The first-order valence-electron chi connectivity index (χ1n) is 2.10. The van der Waals surface area contributed by atoms with E-state index in [1.54, 1.807) is 0 Å². The molecule has 0 rings (SSSR count). The zero-order valence-corrected chi connectivity index (χ0v) is 3.83. The molecule has 1 N–H and O–H groups in total. The molecule has 0 amide bonds. The van der Waals surface area contributed by atoms with Gasteiger partial charge >= 0.3 is 0 Å². The van der Waals surface area contributed by atoms with Crippen molar-refractivity contribution in [1.82, 2.24) is 0 Å². The molecule has 0 saturated carbocycles. The summed E-state index contributed by atoms with van der Waals surface area (Å²) in [6.07, 6.45) is 4.97.